The minimum absolute atomic E-state index is 0.154. The summed E-state index contributed by atoms with van der Waals surface area (Å²) >= 11 is 0. The van der Waals surface area contributed by atoms with E-state index in [4.69, 9.17) is 4.74 Å². The van der Waals surface area contributed by atoms with Crippen molar-refractivity contribution in [2.75, 3.05) is 5.32 Å². The number of fused-ring (bicyclic) bond motifs is 1. The van der Waals surface area contributed by atoms with Gasteiger partial charge in [-0.2, -0.15) is 0 Å². The van der Waals surface area contributed by atoms with Gasteiger partial charge in [0.1, 0.15) is 0 Å². The van der Waals surface area contributed by atoms with Crippen LogP contribution in [0.4, 0.5) is 5.69 Å². The molecule has 2 aromatic carbocycles. The Bertz CT molecular complexity index is 897. The highest BCUT2D eigenvalue weighted by Crippen LogP contribution is 2.34. The van der Waals surface area contributed by atoms with Crippen LogP contribution in [0.2, 0.25) is 0 Å². The number of benzene rings is 2. The van der Waals surface area contributed by atoms with Crippen molar-refractivity contribution in [3.05, 3.63) is 59.7 Å². The average Bonchev–Trinajstić information content (AvgIpc) is 2.67. The number of hydrogen-bond acceptors (Lipinski definition) is 4. The largest absolute Gasteiger partial charge is 0.479 e. The summed E-state index contributed by atoms with van der Waals surface area (Å²) in [6.07, 6.45) is -0.600. The summed E-state index contributed by atoms with van der Waals surface area (Å²) in [5, 5.41) is 15.2. The van der Waals surface area contributed by atoms with Gasteiger partial charge < -0.3 is 20.5 Å². The molecule has 0 radical (unpaired) electrons. The number of rotatable bonds is 5. The summed E-state index contributed by atoms with van der Waals surface area (Å²) in [6.45, 7) is 3.27. The zero-order valence-corrected chi connectivity index (χ0v) is 15.0. The molecule has 0 saturated carbocycles. The lowest BCUT2D eigenvalue weighted by molar-refractivity contribution is -0.145. The number of aliphatic carboxylic acids is 1. The molecule has 1 aliphatic rings. The van der Waals surface area contributed by atoms with Crippen molar-refractivity contribution in [2.24, 2.45) is 0 Å². The highest BCUT2D eigenvalue weighted by atomic mass is 16.5. The van der Waals surface area contributed by atoms with Gasteiger partial charge in [-0.1, -0.05) is 43.3 Å². The molecule has 7 nitrogen and oxygen atoms in total. The van der Waals surface area contributed by atoms with Crippen LogP contribution in [0.15, 0.2) is 48.5 Å². The number of para-hydroxylation sites is 1. The van der Waals surface area contributed by atoms with E-state index in [1.54, 1.807) is 56.3 Å². The predicted molar refractivity (Wildman–Crippen MR) is 98.7 cm³/mol. The Hall–Kier alpha value is -3.35. The van der Waals surface area contributed by atoms with Crippen molar-refractivity contribution < 1.29 is 24.2 Å². The zero-order valence-electron chi connectivity index (χ0n) is 15.0. The van der Waals surface area contributed by atoms with E-state index in [9.17, 15) is 19.5 Å². The number of nitrogens with one attached hydrogen (secondary N) is 2. The van der Waals surface area contributed by atoms with Gasteiger partial charge in [0.25, 0.3) is 11.8 Å². The molecular formula is C20H20N2O5. The molecule has 0 bridgehead atoms. The van der Waals surface area contributed by atoms with Crippen LogP contribution in [0.5, 0.6) is 5.75 Å². The Morgan fingerprint density at radius 1 is 1.19 bits per heavy atom. The van der Waals surface area contributed by atoms with Crippen molar-refractivity contribution in [1.29, 1.82) is 0 Å². The molecule has 0 aromatic heterocycles. The first-order valence-corrected chi connectivity index (χ1v) is 8.61. The normalized spacial score (nSPS) is 17.7. The van der Waals surface area contributed by atoms with Crippen molar-refractivity contribution in [2.45, 2.75) is 31.9 Å². The number of carboxylic acids is 1. The topological polar surface area (TPSA) is 105 Å². The second-order valence-corrected chi connectivity index (χ2v) is 6.32. The molecule has 3 rings (SSSR count). The van der Waals surface area contributed by atoms with E-state index in [2.05, 4.69) is 10.6 Å². The Balaban J connectivity index is 2.00. The summed E-state index contributed by atoms with van der Waals surface area (Å²) in [5.74, 6) is -1.83. The van der Waals surface area contributed by atoms with Crippen LogP contribution in [-0.4, -0.2) is 29.0 Å². The molecule has 2 atom stereocenters. The molecule has 1 aliphatic heterocycles. The molecule has 2 aromatic rings. The smallest absolute Gasteiger partial charge is 0.334 e. The number of carboxylic acid groups (broad SMARTS) is 1. The molecule has 27 heavy (non-hydrogen) atoms. The van der Waals surface area contributed by atoms with Gasteiger partial charge in [0.15, 0.2) is 17.4 Å². The molecule has 2 unspecified atom stereocenters. The maximum Gasteiger partial charge on any atom is 0.334 e. The summed E-state index contributed by atoms with van der Waals surface area (Å²) in [5.41, 5.74) is -0.567. The minimum Gasteiger partial charge on any atom is -0.479 e. The third-order valence-electron chi connectivity index (χ3n) is 4.67. The standard InChI is InChI=1S/C20H20N2O5/c1-3-20(19(25)26,13-8-5-4-6-9-13)22-18(24)14-10-7-11-15-16(14)27-12(2)17(23)21-15/h4-12H,3H2,1-2H3,(H,21,23)(H,22,24)(H,25,26). The molecule has 1 heterocycles. The molecule has 140 valence electrons. The molecular weight excluding hydrogens is 348 g/mol. The van der Waals surface area contributed by atoms with E-state index in [-0.39, 0.29) is 23.6 Å². The first kappa shape index (κ1) is 18.4. The lowest BCUT2D eigenvalue weighted by Gasteiger charge is -2.31. The number of amides is 2. The van der Waals surface area contributed by atoms with Crippen molar-refractivity contribution in [1.82, 2.24) is 5.32 Å². The van der Waals surface area contributed by atoms with Gasteiger partial charge in [-0.15, -0.1) is 0 Å². The van der Waals surface area contributed by atoms with Gasteiger partial charge in [-0.05, 0) is 31.0 Å². The van der Waals surface area contributed by atoms with Crippen molar-refractivity contribution >= 4 is 23.5 Å². The van der Waals surface area contributed by atoms with Gasteiger partial charge in [0.05, 0.1) is 11.3 Å². The lowest BCUT2D eigenvalue weighted by atomic mass is 9.86. The summed E-state index contributed by atoms with van der Waals surface area (Å²) in [4.78, 5) is 36.9. The first-order chi connectivity index (χ1) is 12.9. The van der Waals surface area contributed by atoms with Gasteiger partial charge in [0.2, 0.25) is 0 Å². The molecule has 0 spiro atoms. The first-order valence-electron chi connectivity index (χ1n) is 8.61. The minimum atomic E-state index is -1.58. The molecule has 7 heteroatoms. The van der Waals surface area contributed by atoms with Gasteiger partial charge >= 0.3 is 5.97 Å². The highest BCUT2D eigenvalue weighted by molar-refractivity contribution is 6.05. The van der Waals surface area contributed by atoms with E-state index >= 15 is 0 Å². The van der Waals surface area contributed by atoms with Crippen LogP contribution in [0, 0.1) is 0 Å². The van der Waals surface area contributed by atoms with Crippen LogP contribution in [0.1, 0.15) is 36.2 Å². The Kier molecular flexibility index (Phi) is 4.85. The molecule has 2 amide bonds. The number of hydrogen-bond donors (Lipinski definition) is 3. The highest BCUT2D eigenvalue weighted by Gasteiger charge is 2.41. The monoisotopic (exact) mass is 368 g/mol. The molecule has 0 saturated heterocycles. The number of ether oxygens (including phenoxy) is 1. The van der Waals surface area contributed by atoms with Crippen LogP contribution in [0.3, 0.4) is 0 Å². The fourth-order valence-electron chi connectivity index (χ4n) is 3.08. The Labute approximate surface area is 156 Å². The van der Waals surface area contributed by atoms with E-state index in [0.29, 0.717) is 11.3 Å². The van der Waals surface area contributed by atoms with Gasteiger partial charge in [-0.25, -0.2) is 4.79 Å². The van der Waals surface area contributed by atoms with Crippen molar-refractivity contribution in [3.63, 3.8) is 0 Å². The fourth-order valence-corrected chi connectivity index (χ4v) is 3.08. The van der Waals surface area contributed by atoms with Gasteiger partial charge in [-0.3, -0.25) is 9.59 Å². The summed E-state index contributed by atoms with van der Waals surface area (Å²) in [7, 11) is 0. The van der Waals surface area contributed by atoms with E-state index in [1.165, 1.54) is 6.07 Å². The van der Waals surface area contributed by atoms with E-state index < -0.39 is 23.5 Å². The third-order valence-corrected chi connectivity index (χ3v) is 4.67. The fraction of sp³-hybridized carbons (Fsp3) is 0.250. The van der Waals surface area contributed by atoms with Crippen LogP contribution in [0.25, 0.3) is 0 Å². The predicted octanol–water partition coefficient (Wildman–Crippen LogP) is 2.53. The van der Waals surface area contributed by atoms with Crippen LogP contribution in [-0.2, 0) is 15.1 Å². The van der Waals surface area contributed by atoms with Crippen LogP contribution < -0.4 is 15.4 Å². The molecule has 0 fully saturated rings. The van der Waals surface area contributed by atoms with Gasteiger partial charge in [0, 0.05) is 0 Å². The number of carbonyl (C=O) groups is 3. The SMILES string of the molecule is CCC(NC(=O)c1cccc2c1OC(C)C(=O)N2)(C(=O)O)c1ccccc1. The average molecular weight is 368 g/mol. The number of anilines is 1. The van der Waals surface area contributed by atoms with Crippen LogP contribution >= 0.6 is 0 Å². The zero-order chi connectivity index (χ0) is 19.6. The maximum absolute atomic E-state index is 13.0. The Morgan fingerprint density at radius 2 is 1.89 bits per heavy atom. The number of carbonyl (C=O) groups excluding carboxylic acids is 2. The second-order valence-electron chi connectivity index (χ2n) is 6.32. The second kappa shape index (κ2) is 7.11. The maximum atomic E-state index is 13.0. The van der Waals surface area contributed by atoms with E-state index in [0.717, 1.165) is 0 Å². The summed E-state index contributed by atoms with van der Waals surface area (Å²) < 4.78 is 5.59. The lowest BCUT2D eigenvalue weighted by Crippen LogP contribution is -2.51. The Morgan fingerprint density at radius 3 is 2.52 bits per heavy atom. The molecule has 3 N–H and O–H groups in total. The quantitative estimate of drug-likeness (QED) is 0.752. The van der Waals surface area contributed by atoms with Crippen molar-refractivity contribution in [3.8, 4) is 5.75 Å². The summed E-state index contributed by atoms with van der Waals surface area (Å²) in [6, 6.07) is 13.3. The third kappa shape index (κ3) is 3.23. The molecule has 0 aliphatic carbocycles. The van der Waals surface area contributed by atoms with E-state index in [1.807, 2.05) is 0 Å².